The zero-order valence-corrected chi connectivity index (χ0v) is 8.53. The molecule has 0 aliphatic carbocycles. The fraction of sp³-hybridized carbons (Fsp3) is 0.400. The second-order valence-electron chi connectivity index (χ2n) is 2.72. The van der Waals surface area contributed by atoms with Gasteiger partial charge >= 0.3 is 5.97 Å². The highest BCUT2D eigenvalue weighted by Gasteiger charge is 2.14. The Balaban J connectivity index is 3.03. The molecule has 0 aliphatic heterocycles. The van der Waals surface area contributed by atoms with E-state index in [1.165, 1.54) is 7.11 Å². The number of hydrogen-bond donors (Lipinski definition) is 0. The number of pyridine rings is 1. The van der Waals surface area contributed by atoms with Gasteiger partial charge in [0.05, 0.1) is 13.7 Å². The molecule has 1 aromatic rings. The number of nitrogens with zero attached hydrogens (tertiary/aromatic N) is 1. The molecule has 0 saturated heterocycles. The van der Waals surface area contributed by atoms with E-state index in [2.05, 4.69) is 4.98 Å². The maximum Gasteiger partial charge on any atom is 0.360 e. The van der Waals surface area contributed by atoms with E-state index in [0.717, 1.165) is 5.69 Å². The number of carbonyl (C=O) groups excluding carboxylic acids is 1. The molecular formula is C10H13NO3. The normalized spacial score (nSPS) is 9.64. The molecule has 0 aliphatic rings. The number of rotatable bonds is 3. The summed E-state index contributed by atoms with van der Waals surface area (Å²) in [5.74, 6) is -0.0119. The first-order valence-corrected chi connectivity index (χ1v) is 4.37. The minimum absolute atomic E-state index is 0.231. The SMILES string of the molecule is CCOC(=O)c1nc(C)ccc1OC. The monoisotopic (exact) mass is 195 g/mol. The van der Waals surface area contributed by atoms with Crippen LogP contribution in [-0.4, -0.2) is 24.7 Å². The van der Waals surface area contributed by atoms with Crippen LogP contribution in [0.1, 0.15) is 23.1 Å². The Hall–Kier alpha value is -1.58. The van der Waals surface area contributed by atoms with Crippen LogP contribution in [0.5, 0.6) is 5.75 Å². The van der Waals surface area contributed by atoms with Crippen LogP contribution in [-0.2, 0) is 4.74 Å². The van der Waals surface area contributed by atoms with Crippen molar-refractivity contribution in [2.75, 3.05) is 13.7 Å². The van der Waals surface area contributed by atoms with Crippen LogP contribution in [0.4, 0.5) is 0 Å². The third-order valence-corrected chi connectivity index (χ3v) is 1.69. The molecule has 1 rings (SSSR count). The Bertz CT molecular complexity index is 336. The topological polar surface area (TPSA) is 48.4 Å². The molecule has 0 saturated carbocycles. The first kappa shape index (κ1) is 10.5. The number of aryl methyl sites for hydroxylation is 1. The van der Waals surface area contributed by atoms with E-state index in [9.17, 15) is 4.79 Å². The average molecular weight is 195 g/mol. The van der Waals surface area contributed by atoms with Gasteiger partial charge in [0, 0.05) is 5.69 Å². The summed E-state index contributed by atoms with van der Waals surface area (Å²) in [7, 11) is 1.50. The van der Waals surface area contributed by atoms with Crippen molar-refractivity contribution in [1.82, 2.24) is 4.98 Å². The third-order valence-electron chi connectivity index (χ3n) is 1.69. The number of hydrogen-bond acceptors (Lipinski definition) is 4. The van der Waals surface area contributed by atoms with Gasteiger partial charge in [0.15, 0.2) is 11.4 Å². The van der Waals surface area contributed by atoms with E-state index in [1.54, 1.807) is 19.1 Å². The summed E-state index contributed by atoms with van der Waals surface area (Å²) >= 11 is 0. The minimum Gasteiger partial charge on any atom is -0.494 e. The van der Waals surface area contributed by atoms with Gasteiger partial charge in [-0.05, 0) is 26.0 Å². The van der Waals surface area contributed by atoms with Crippen molar-refractivity contribution < 1.29 is 14.3 Å². The van der Waals surface area contributed by atoms with Crippen molar-refractivity contribution in [3.8, 4) is 5.75 Å². The van der Waals surface area contributed by atoms with Crippen molar-refractivity contribution in [1.29, 1.82) is 0 Å². The molecule has 0 fully saturated rings. The molecule has 4 nitrogen and oxygen atoms in total. The van der Waals surface area contributed by atoms with E-state index >= 15 is 0 Å². The molecule has 14 heavy (non-hydrogen) atoms. The molecule has 0 amide bonds. The molecule has 76 valence electrons. The summed E-state index contributed by atoms with van der Waals surface area (Å²) in [4.78, 5) is 15.5. The van der Waals surface area contributed by atoms with E-state index in [1.807, 2.05) is 6.92 Å². The van der Waals surface area contributed by atoms with Crippen LogP contribution >= 0.6 is 0 Å². The highest BCUT2D eigenvalue weighted by molar-refractivity contribution is 5.90. The molecule has 0 atom stereocenters. The Kier molecular flexibility index (Phi) is 3.45. The fourth-order valence-electron chi connectivity index (χ4n) is 1.05. The molecule has 0 spiro atoms. The summed E-state index contributed by atoms with van der Waals surface area (Å²) < 4.78 is 9.85. The molecule has 0 radical (unpaired) electrons. The number of esters is 1. The Morgan fingerprint density at radius 1 is 1.50 bits per heavy atom. The molecule has 4 heteroatoms. The second kappa shape index (κ2) is 4.60. The van der Waals surface area contributed by atoms with Gasteiger partial charge in [-0.3, -0.25) is 0 Å². The zero-order valence-electron chi connectivity index (χ0n) is 8.53. The number of ether oxygens (including phenoxy) is 2. The highest BCUT2D eigenvalue weighted by atomic mass is 16.5. The van der Waals surface area contributed by atoms with Crippen LogP contribution in [0.25, 0.3) is 0 Å². The lowest BCUT2D eigenvalue weighted by Gasteiger charge is -2.06. The predicted octanol–water partition coefficient (Wildman–Crippen LogP) is 1.58. The second-order valence-corrected chi connectivity index (χ2v) is 2.72. The molecule has 1 aromatic heterocycles. The number of methoxy groups -OCH3 is 1. The molecule has 0 aromatic carbocycles. The highest BCUT2D eigenvalue weighted by Crippen LogP contribution is 2.16. The van der Waals surface area contributed by atoms with Gasteiger partial charge in [0.25, 0.3) is 0 Å². The van der Waals surface area contributed by atoms with Crippen molar-refractivity contribution in [3.05, 3.63) is 23.5 Å². The minimum atomic E-state index is -0.451. The van der Waals surface area contributed by atoms with Crippen LogP contribution in [0, 0.1) is 6.92 Å². The predicted molar refractivity (Wildman–Crippen MR) is 51.5 cm³/mol. The van der Waals surface area contributed by atoms with Gasteiger partial charge in [0.2, 0.25) is 0 Å². The van der Waals surface area contributed by atoms with Crippen molar-refractivity contribution in [3.63, 3.8) is 0 Å². The third kappa shape index (κ3) is 2.22. The lowest BCUT2D eigenvalue weighted by Crippen LogP contribution is -2.09. The molecule has 0 unspecified atom stereocenters. The first-order valence-electron chi connectivity index (χ1n) is 4.37. The van der Waals surface area contributed by atoms with Gasteiger partial charge in [-0.2, -0.15) is 0 Å². The summed E-state index contributed by atoms with van der Waals surface area (Å²) in [5.41, 5.74) is 0.989. The lowest BCUT2D eigenvalue weighted by atomic mass is 10.3. The first-order chi connectivity index (χ1) is 6.69. The van der Waals surface area contributed by atoms with Gasteiger partial charge in [-0.15, -0.1) is 0 Å². The van der Waals surface area contributed by atoms with E-state index < -0.39 is 5.97 Å². The van der Waals surface area contributed by atoms with Gasteiger partial charge in [0.1, 0.15) is 0 Å². The largest absolute Gasteiger partial charge is 0.494 e. The quantitative estimate of drug-likeness (QED) is 0.687. The lowest BCUT2D eigenvalue weighted by molar-refractivity contribution is 0.0515. The Morgan fingerprint density at radius 2 is 2.21 bits per heavy atom. The fourth-order valence-corrected chi connectivity index (χ4v) is 1.05. The van der Waals surface area contributed by atoms with Crippen LogP contribution < -0.4 is 4.74 Å². The van der Waals surface area contributed by atoms with E-state index in [0.29, 0.717) is 12.4 Å². The zero-order chi connectivity index (χ0) is 10.6. The van der Waals surface area contributed by atoms with Crippen molar-refractivity contribution in [2.45, 2.75) is 13.8 Å². The molecular weight excluding hydrogens is 182 g/mol. The van der Waals surface area contributed by atoms with Crippen molar-refractivity contribution in [2.24, 2.45) is 0 Å². The summed E-state index contributed by atoms with van der Waals surface area (Å²) in [6.45, 7) is 3.89. The molecule has 0 bridgehead atoms. The summed E-state index contributed by atoms with van der Waals surface area (Å²) in [5, 5.41) is 0. The number of aromatic nitrogens is 1. The van der Waals surface area contributed by atoms with Gasteiger partial charge in [-0.1, -0.05) is 0 Å². The maximum atomic E-state index is 11.4. The number of carbonyl (C=O) groups is 1. The molecule has 1 heterocycles. The summed E-state index contributed by atoms with van der Waals surface area (Å²) in [6, 6.07) is 3.48. The van der Waals surface area contributed by atoms with Crippen LogP contribution in [0.15, 0.2) is 12.1 Å². The van der Waals surface area contributed by atoms with Crippen LogP contribution in [0.2, 0.25) is 0 Å². The smallest absolute Gasteiger partial charge is 0.360 e. The Labute approximate surface area is 82.9 Å². The van der Waals surface area contributed by atoms with Gasteiger partial charge in [-0.25, -0.2) is 9.78 Å². The molecule has 0 N–H and O–H groups in total. The average Bonchev–Trinajstić information content (AvgIpc) is 2.18. The van der Waals surface area contributed by atoms with E-state index in [4.69, 9.17) is 9.47 Å². The maximum absolute atomic E-state index is 11.4. The standard InChI is InChI=1S/C10H13NO3/c1-4-14-10(12)9-8(13-3)6-5-7(2)11-9/h5-6H,4H2,1-3H3. The van der Waals surface area contributed by atoms with Crippen molar-refractivity contribution >= 4 is 5.97 Å². The Morgan fingerprint density at radius 3 is 2.79 bits per heavy atom. The summed E-state index contributed by atoms with van der Waals surface area (Å²) in [6.07, 6.45) is 0. The van der Waals surface area contributed by atoms with E-state index in [-0.39, 0.29) is 5.69 Å². The van der Waals surface area contributed by atoms with Gasteiger partial charge < -0.3 is 9.47 Å². The van der Waals surface area contributed by atoms with Crippen LogP contribution in [0.3, 0.4) is 0 Å².